The number of carboxylic acids is 1. The number of aromatic amines is 1. The van der Waals surface area contributed by atoms with Gasteiger partial charge in [-0.2, -0.15) is 5.10 Å². The van der Waals surface area contributed by atoms with Crippen LogP contribution in [-0.4, -0.2) is 35.5 Å². The maximum atomic E-state index is 11.0. The van der Waals surface area contributed by atoms with E-state index in [1.165, 1.54) is 0 Å². The number of nitrogens with zero attached hydrogens (tertiary/aromatic N) is 1. The summed E-state index contributed by atoms with van der Waals surface area (Å²) in [6.45, 7) is 1.70. The maximum absolute atomic E-state index is 11.0. The fourth-order valence-electron chi connectivity index (χ4n) is 1.87. The highest BCUT2D eigenvalue weighted by molar-refractivity contribution is 5.90. The number of hydrogen-bond donors (Lipinski definition) is 2. The van der Waals surface area contributed by atoms with Crippen LogP contribution >= 0.6 is 0 Å². The molecule has 0 radical (unpaired) electrons. The number of carbonyl (C=O) groups is 1. The van der Waals surface area contributed by atoms with Gasteiger partial charge in [0.25, 0.3) is 0 Å². The second-order valence-electron chi connectivity index (χ2n) is 3.94. The van der Waals surface area contributed by atoms with Gasteiger partial charge in [0.2, 0.25) is 0 Å². The molecule has 0 saturated heterocycles. The first-order chi connectivity index (χ1) is 9.08. The van der Waals surface area contributed by atoms with Crippen molar-refractivity contribution in [1.29, 1.82) is 0 Å². The summed E-state index contributed by atoms with van der Waals surface area (Å²) < 4.78 is 10.4. The average molecular weight is 262 g/mol. The highest BCUT2D eigenvalue weighted by Gasteiger charge is 2.19. The number of aromatic nitrogens is 2. The molecule has 6 heteroatoms. The molecule has 0 spiro atoms. The van der Waals surface area contributed by atoms with Crippen molar-refractivity contribution < 1.29 is 19.4 Å². The van der Waals surface area contributed by atoms with Crippen molar-refractivity contribution in [1.82, 2.24) is 10.2 Å². The Morgan fingerprint density at radius 3 is 2.58 bits per heavy atom. The fraction of sp³-hybridized carbons (Fsp3) is 0.231. The van der Waals surface area contributed by atoms with Gasteiger partial charge in [0.05, 0.1) is 19.9 Å². The maximum Gasteiger partial charge on any atom is 0.354 e. The number of hydrogen-bond acceptors (Lipinski definition) is 4. The van der Waals surface area contributed by atoms with Crippen molar-refractivity contribution in [2.45, 2.75) is 6.92 Å². The quantitative estimate of drug-likeness (QED) is 0.881. The largest absolute Gasteiger partial charge is 0.497 e. The molecule has 0 saturated carbocycles. The summed E-state index contributed by atoms with van der Waals surface area (Å²) in [5.74, 6) is 0.209. The second kappa shape index (κ2) is 5.01. The van der Waals surface area contributed by atoms with E-state index in [-0.39, 0.29) is 5.69 Å². The first-order valence-electron chi connectivity index (χ1n) is 5.59. The Labute approximate surface area is 110 Å². The van der Waals surface area contributed by atoms with E-state index in [0.717, 1.165) is 0 Å². The van der Waals surface area contributed by atoms with Gasteiger partial charge in [0.1, 0.15) is 17.2 Å². The lowest BCUT2D eigenvalue weighted by atomic mass is 10.1. The highest BCUT2D eigenvalue weighted by Crippen LogP contribution is 2.34. The highest BCUT2D eigenvalue weighted by atomic mass is 16.5. The molecule has 0 aliphatic rings. The topological polar surface area (TPSA) is 84.4 Å². The van der Waals surface area contributed by atoms with Gasteiger partial charge in [-0.05, 0) is 25.1 Å². The summed E-state index contributed by atoms with van der Waals surface area (Å²) in [7, 11) is 3.11. The molecule has 1 aromatic carbocycles. The van der Waals surface area contributed by atoms with Crippen LogP contribution in [0.15, 0.2) is 18.2 Å². The molecule has 0 bridgehead atoms. The zero-order valence-electron chi connectivity index (χ0n) is 10.9. The number of benzene rings is 1. The van der Waals surface area contributed by atoms with Crippen LogP contribution in [0.5, 0.6) is 11.5 Å². The zero-order chi connectivity index (χ0) is 14.0. The predicted molar refractivity (Wildman–Crippen MR) is 68.8 cm³/mol. The minimum absolute atomic E-state index is 0.0693. The molecule has 2 rings (SSSR count). The minimum atomic E-state index is -1.04. The lowest BCUT2D eigenvalue weighted by Gasteiger charge is -2.09. The van der Waals surface area contributed by atoms with E-state index < -0.39 is 5.97 Å². The van der Waals surface area contributed by atoms with Crippen LogP contribution in [0, 0.1) is 6.92 Å². The molecule has 1 aromatic heterocycles. The smallest absolute Gasteiger partial charge is 0.354 e. The summed E-state index contributed by atoms with van der Waals surface area (Å²) in [5.41, 5.74) is 1.84. The normalized spacial score (nSPS) is 10.3. The Balaban J connectivity index is 2.60. The summed E-state index contributed by atoms with van der Waals surface area (Å²) >= 11 is 0. The van der Waals surface area contributed by atoms with Crippen LogP contribution < -0.4 is 9.47 Å². The van der Waals surface area contributed by atoms with Crippen molar-refractivity contribution in [2.24, 2.45) is 0 Å². The van der Waals surface area contributed by atoms with E-state index in [1.807, 2.05) is 0 Å². The van der Waals surface area contributed by atoms with E-state index in [4.69, 9.17) is 14.6 Å². The van der Waals surface area contributed by atoms with E-state index in [1.54, 1.807) is 39.3 Å². The molecule has 1 heterocycles. The third kappa shape index (κ3) is 2.24. The first kappa shape index (κ1) is 12.9. The van der Waals surface area contributed by atoms with Gasteiger partial charge in [-0.3, -0.25) is 5.10 Å². The summed E-state index contributed by atoms with van der Waals surface area (Å²) in [6.07, 6.45) is 0. The molecule has 2 aromatic rings. The standard InChI is InChI=1S/C13H14N2O4/c1-7-11(14-15-12(7)13(16)17)9-6-8(18-2)4-5-10(9)19-3/h4-6H,1-3H3,(H,14,15)(H,16,17). The number of nitrogens with one attached hydrogen (secondary N) is 1. The lowest BCUT2D eigenvalue weighted by molar-refractivity contribution is 0.0689. The molecule has 0 aliphatic heterocycles. The molecule has 2 N–H and O–H groups in total. The van der Waals surface area contributed by atoms with E-state index in [0.29, 0.717) is 28.3 Å². The average Bonchev–Trinajstić information content (AvgIpc) is 2.79. The van der Waals surface area contributed by atoms with E-state index >= 15 is 0 Å². The second-order valence-corrected chi connectivity index (χ2v) is 3.94. The molecular weight excluding hydrogens is 248 g/mol. The molecule has 0 unspecified atom stereocenters. The van der Waals surface area contributed by atoms with Crippen LogP contribution in [-0.2, 0) is 0 Å². The van der Waals surface area contributed by atoms with Gasteiger partial charge < -0.3 is 14.6 Å². The first-order valence-corrected chi connectivity index (χ1v) is 5.59. The zero-order valence-corrected chi connectivity index (χ0v) is 10.9. The Morgan fingerprint density at radius 2 is 2.05 bits per heavy atom. The van der Waals surface area contributed by atoms with Gasteiger partial charge in [-0.1, -0.05) is 0 Å². The summed E-state index contributed by atoms with van der Waals surface area (Å²) in [6, 6.07) is 5.28. The number of rotatable bonds is 4. The monoisotopic (exact) mass is 262 g/mol. The molecule has 19 heavy (non-hydrogen) atoms. The van der Waals surface area contributed by atoms with Crippen LogP contribution in [0.4, 0.5) is 0 Å². The van der Waals surface area contributed by atoms with Crippen molar-refractivity contribution in [3.8, 4) is 22.8 Å². The van der Waals surface area contributed by atoms with Crippen molar-refractivity contribution in [3.63, 3.8) is 0 Å². The van der Waals surface area contributed by atoms with Crippen LogP contribution in [0.2, 0.25) is 0 Å². The fourth-order valence-corrected chi connectivity index (χ4v) is 1.87. The Hall–Kier alpha value is -2.50. The van der Waals surface area contributed by atoms with Crippen LogP contribution in [0.3, 0.4) is 0 Å². The Kier molecular flexibility index (Phi) is 3.41. The Morgan fingerprint density at radius 1 is 1.32 bits per heavy atom. The van der Waals surface area contributed by atoms with Crippen LogP contribution in [0.1, 0.15) is 16.1 Å². The van der Waals surface area contributed by atoms with Gasteiger partial charge >= 0.3 is 5.97 Å². The molecule has 0 fully saturated rings. The van der Waals surface area contributed by atoms with Crippen molar-refractivity contribution in [3.05, 3.63) is 29.5 Å². The van der Waals surface area contributed by atoms with Gasteiger partial charge in [-0.15, -0.1) is 0 Å². The molecule has 100 valence electrons. The molecule has 6 nitrogen and oxygen atoms in total. The van der Waals surface area contributed by atoms with Gasteiger partial charge in [-0.25, -0.2) is 4.79 Å². The number of ether oxygens (including phenoxy) is 2. The molecular formula is C13H14N2O4. The van der Waals surface area contributed by atoms with Gasteiger partial charge in [0.15, 0.2) is 0 Å². The Bertz CT molecular complexity index is 619. The number of aromatic carboxylic acids is 1. The number of H-pyrrole nitrogens is 1. The van der Waals surface area contributed by atoms with Crippen molar-refractivity contribution >= 4 is 5.97 Å². The number of methoxy groups -OCH3 is 2. The van der Waals surface area contributed by atoms with Crippen LogP contribution in [0.25, 0.3) is 11.3 Å². The lowest BCUT2D eigenvalue weighted by Crippen LogP contribution is -1.98. The molecule has 0 amide bonds. The third-order valence-electron chi connectivity index (χ3n) is 2.89. The minimum Gasteiger partial charge on any atom is -0.497 e. The predicted octanol–water partition coefficient (Wildman–Crippen LogP) is 2.10. The summed E-state index contributed by atoms with van der Waals surface area (Å²) in [5, 5.41) is 15.6. The van der Waals surface area contributed by atoms with Crippen molar-refractivity contribution in [2.75, 3.05) is 14.2 Å². The summed E-state index contributed by atoms with van der Waals surface area (Å²) in [4.78, 5) is 11.0. The third-order valence-corrected chi connectivity index (χ3v) is 2.89. The van der Waals surface area contributed by atoms with Gasteiger partial charge in [0, 0.05) is 11.1 Å². The van der Waals surface area contributed by atoms with E-state index in [2.05, 4.69) is 10.2 Å². The van der Waals surface area contributed by atoms with E-state index in [9.17, 15) is 4.79 Å². The SMILES string of the molecule is COc1ccc(OC)c(-c2n[nH]c(C(=O)O)c2C)c1. The molecule has 0 atom stereocenters. The molecule has 0 aliphatic carbocycles. The number of carboxylic acid groups (broad SMARTS) is 1.